The molecule has 1 aliphatic rings. The van der Waals surface area contributed by atoms with Gasteiger partial charge in [0.05, 0.1) is 16.7 Å². The molecule has 19 heavy (non-hydrogen) atoms. The second kappa shape index (κ2) is 5.85. The molecule has 1 fully saturated rings. The summed E-state index contributed by atoms with van der Waals surface area (Å²) < 4.78 is 5.47. The zero-order valence-electron chi connectivity index (χ0n) is 10.8. The number of nitrogens with zero attached hydrogens (tertiary/aromatic N) is 1. The van der Waals surface area contributed by atoms with E-state index in [1.807, 2.05) is 6.92 Å². The summed E-state index contributed by atoms with van der Waals surface area (Å²) in [5, 5.41) is 14.2. The monoisotopic (exact) mass is 266 g/mol. The number of non-ortho nitro benzene ring substituents is 1. The fourth-order valence-corrected chi connectivity index (χ4v) is 2.25. The zero-order chi connectivity index (χ0) is 13.8. The van der Waals surface area contributed by atoms with Gasteiger partial charge in [-0.2, -0.15) is 0 Å². The lowest BCUT2D eigenvalue weighted by molar-refractivity contribution is -0.384. The van der Waals surface area contributed by atoms with Crippen molar-refractivity contribution in [3.8, 4) is 0 Å². The van der Waals surface area contributed by atoms with Gasteiger partial charge in [-0.15, -0.1) is 0 Å². The summed E-state index contributed by atoms with van der Waals surface area (Å²) in [6.45, 7) is 2.73. The molecule has 1 saturated heterocycles. The maximum Gasteiger partial charge on any atom is 0.273 e. The standard InChI is InChI=1S/C12H18N4O3/c1-8-4-9(2-3-19-8)14-10-5-11(15-13)7-12(6-10)16(17)18/h5-9,14-15H,2-4,13H2,1H3. The lowest BCUT2D eigenvalue weighted by Crippen LogP contribution is -2.32. The fraction of sp³-hybridized carbons (Fsp3) is 0.500. The number of ether oxygens (including phenoxy) is 1. The highest BCUT2D eigenvalue weighted by Crippen LogP contribution is 2.26. The van der Waals surface area contributed by atoms with E-state index in [1.54, 1.807) is 6.07 Å². The van der Waals surface area contributed by atoms with Crippen LogP contribution in [0.1, 0.15) is 19.8 Å². The Labute approximate surface area is 111 Å². The van der Waals surface area contributed by atoms with E-state index in [4.69, 9.17) is 10.6 Å². The van der Waals surface area contributed by atoms with Gasteiger partial charge in [-0.25, -0.2) is 0 Å². The van der Waals surface area contributed by atoms with Gasteiger partial charge in [-0.05, 0) is 25.8 Å². The highest BCUT2D eigenvalue weighted by Gasteiger charge is 2.20. The molecule has 0 amide bonds. The Morgan fingerprint density at radius 2 is 2.16 bits per heavy atom. The van der Waals surface area contributed by atoms with E-state index in [1.165, 1.54) is 12.1 Å². The number of hydrogen-bond donors (Lipinski definition) is 3. The van der Waals surface area contributed by atoms with Crippen molar-refractivity contribution < 1.29 is 9.66 Å². The SMILES string of the molecule is CC1CC(Nc2cc(NN)cc([N+](=O)[O-])c2)CCO1. The minimum absolute atomic E-state index is 0.0121. The second-order valence-electron chi connectivity index (χ2n) is 4.72. The summed E-state index contributed by atoms with van der Waals surface area (Å²) in [6.07, 6.45) is 1.98. The van der Waals surface area contributed by atoms with Gasteiger partial charge in [0.25, 0.3) is 5.69 Å². The summed E-state index contributed by atoms with van der Waals surface area (Å²) in [7, 11) is 0. The highest BCUT2D eigenvalue weighted by atomic mass is 16.6. The van der Waals surface area contributed by atoms with Crippen LogP contribution in [0, 0.1) is 10.1 Å². The van der Waals surface area contributed by atoms with Gasteiger partial charge in [0.2, 0.25) is 0 Å². The fourth-order valence-electron chi connectivity index (χ4n) is 2.25. The highest BCUT2D eigenvalue weighted by molar-refractivity contribution is 5.63. The number of benzene rings is 1. The molecule has 2 rings (SSSR count). The molecule has 0 radical (unpaired) electrons. The summed E-state index contributed by atoms with van der Waals surface area (Å²) in [4.78, 5) is 10.4. The van der Waals surface area contributed by atoms with Gasteiger partial charge >= 0.3 is 0 Å². The molecule has 0 bridgehead atoms. The lowest BCUT2D eigenvalue weighted by atomic mass is 10.0. The number of nitro benzene ring substituents is 1. The van der Waals surface area contributed by atoms with Crippen LogP contribution in [0.2, 0.25) is 0 Å². The predicted molar refractivity (Wildman–Crippen MR) is 73.0 cm³/mol. The summed E-state index contributed by atoms with van der Waals surface area (Å²) in [6, 6.07) is 4.93. The average Bonchev–Trinajstić information content (AvgIpc) is 2.38. The number of hydrogen-bond acceptors (Lipinski definition) is 6. The Balaban J connectivity index is 2.14. The average molecular weight is 266 g/mol. The number of nitro groups is 1. The van der Waals surface area contributed by atoms with E-state index < -0.39 is 4.92 Å². The van der Waals surface area contributed by atoms with Crippen molar-refractivity contribution in [3.05, 3.63) is 28.3 Å². The molecule has 1 aliphatic heterocycles. The molecule has 7 nitrogen and oxygen atoms in total. The Hall–Kier alpha value is -1.86. The molecule has 0 aromatic heterocycles. The summed E-state index contributed by atoms with van der Waals surface area (Å²) in [5.41, 5.74) is 3.66. The van der Waals surface area contributed by atoms with E-state index in [0.29, 0.717) is 18.0 Å². The maximum atomic E-state index is 10.9. The molecule has 1 heterocycles. The van der Waals surface area contributed by atoms with Gasteiger partial charge in [0, 0.05) is 30.5 Å². The Morgan fingerprint density at radius 3 is 2.79 bits per heavy atom. The third-order valence-corrected chi connectivity index (χ3v) is 3.15. The second-order valence-corrected chi connectivity index (χ2v) is 4.72. The maximum absolute atomic E-state index is 10.9. The normalized spacial score (nSPS) is 22.8. The van der Waals surface area contributed by atoms with Gasteiger partial charge < -0.3 is 15.5 Å². The van der Waals surface area contributed by atoms with Gasteiger partial charge in [0.15, 0.2) is 0 Å². The molecule has 0 aliphatic carbocycles. The van der Waals surface area contributed by atoms with Gasteiger partial charge in [-0.3, -0.25) is 16.0 Å². The molecule has 4 N–H and O–H groups in total. The molecule has 2 unspecified atom stereocenters. The number of nitrogens with two attached hydrogens (primary N) is 1. The van der Waals surface area contributed by atoms with E-state index in [-0.39, 0.29) is 17.8 Å². The minimum Gasteiger partial charge on any atom is -0.382 e. The minimum atomic E-state index is -0.432. The molecular formula is C12H18N4O3. The third-order valence-electron chi connectivity index (χ3n) is 3.15. The number of anilines is 2. The first kappa shape index (κ1) is 13.6. The Morgan fingerprint density at radius 1 is 1.42 bits per heavy atom. The predicted octanol–water partition coefficient (Wildman–Crippen LogP) is 1.86. The van der Waals surface area contributed by atoms with Crippen molar-refractivity contribution in [2.45, 2.75) is 31.9 Å². The van der Waals surface area contributed by atoms with Gasteiger partial charge in [-0.1, -0.05) is 0 Å². The molecule has 1 aromatic carbocycles. The first-order valence-electron chi connectivity index (χ1n) is 6.22. The van der Waals surface area contributed by atoms with Crippen LogP contribution in [-0.4, -0.2) is 23.7 Å². The summed E-state index contributed by atoms with van der Waals surface area (Å²) >= 11 is 0. The van der Waals surface area contributed by atoms with E-state index in [2.05, 4.69) is 10.7 Å². The Kier molecular flexibility index (Phi) is 4.18. The van der Waals surface area contributed by atoms with Crippen molar-refractivity contribution in [1.82, 2.24) is 0 Å². The van der Waals surface area contributed by atoms with Crippen LogP contribution in [0.3, 0.4) is 0 Å². The number of rotatable bonds is 4. The third kappa shape index (κ3) is 3.55. The van der Waals surface area contributed by atoms with Gasteiger partial charge in [0.1, 0.15) is 0 Å². The molecule has 1 aromatic rings. The molecular weight excluding hydrogens is 248 g/mol. The van der Waals surface area contributed by atoms with Crippen molar-refractivity contribution in [1.29, 1.82) is 0 Å². The number of hydrazine groups is 1. The Bertz CT molecular complexity index is 466. The topological polar surface area (TPSA) is 102 Å². The quantitative estimate of drug-likeness (QED) is 0.436. The first-order chi connectivity index (χ1) is 9.08. The van der Waals surface area contributed by atoms with Crippen LogP contribution in [0.25, 0.3) is 0 Å². The van der Waals surface area contributed by atoms with Crippen LogP contribution < -0.4 is 16.6 Å². The molecule has 0 spiro atoms. The lowest BCUT2D eigenvalue weighted by Gasteiger charge is -2.28. The number of nitrogen functional groups attached to an aromatic ring is 1. The van der Waals surface area contributed by atoms with Crippen molar-refractivity contribution in [2.24, 2.45) is 5.84 Å². The van der Waals surface area contributed by atoms with Crippen molar-refractivity contribution in [3.63, 3.8) is 0 Å². The first-order valence-corrected chi connectivity index (χ1v) is 6.22. The van der Waals surface area contributed by atoms with Crippen LogP contribution in [0.5, 0.6) is 0 Å². The van der Waals surface area contributed by atoms with Crippen LogP contribution in [-0.2, 0) is 4.74 Å². The van der Waals surface area contributed by atoms with Crippen LogP contribution >= 0.6 is 0 Å². The van der Waals surface area contributed by atoms with E-state index in [0.717, 1.165) is 12.8 Å². The molecule has 104 valence electrons. The van der Waals surface area contributed by atoms with Crippen molar-refractivity contribution >= 4 is 17.1 Å². The largest absolute Gasteiger partial charge is 0.382 e. The van der Waals surface area contributed by atoms with E-state index >= 15 is 0 Å². The molecule has 2 atom stereocenters. The van der Waals surface area contributed by atoms with Crippen molar-refractivity contribution in [2.75, 3.05) is 17.3 Å². The zero-order valence-corrected chi connectivity index (χ0v) is 10.8. The molecule has 0 saturated carbocycles. The molecule has 7 heteroatoms. The summed E-state index contributed by atoms with van der Waals surface area (Å²) in [5.74, 6) is 5.32. The van der Waals surface area contributed by atoms with E-state index in [9.17, 15) is 10.1 Å². The van der Waals surface area contributed by atoms with Crippen LogP contribution in [0.4, 0.5) is 17.1 Å². The number of nitrogens with one attached hydrogen (secondary N) is 2. The van der Waals surface area contributed by atoms with Crippen LogP contribution in [0.15, 0.2) is 18.2 Å². The smallest absolute Gasteiger partial charge is 0.273 e.